The lowest BCUT2D eigenvalue weighted by Gasteiger charge is -2.36. The number of fused-ring (bicyclic) bond motifs is 1. The maximum Gasteiger partial charge on any atom is 0.237 e. The second kappa shape index (κ2) is 6.16. The smallest absolute Gasteiger partial charge is 0.237 e. The Morgan fingerprint density at radius 3 is 2.86 bits per heavy atom. The van der Waals surface area contributed by atoms with Crippen LogP contribution in [0.5, 0.6) is 0 Å². The molecule has 1 fully saturated rings. The van der Waals surface area contributed by atoms with E-state index in [4.69, 9.17) is 0 Å². The van der Waals surface area contributed by atoms with Gasteiger partial charge in [-0.05, 0) is 44.4 Å². The summed E-state index contributed by atoms with van der Waals surface area (Å²) in [7, 11) is 2.16. The van der Waals surface area contributed by atoms with Gasteiger partial charge in [0.15, 0.2) is 0 Å². The first-order chi connectivity index (χ1) is 10.1. The molecule has 1 saturated heterocycles. The first-order valence-corrected chi connectivity index (χ1v) is 7.94. The topological polar surface area (TPSA) is 44.4 Å². The van der Waals surface area contributed by atoms with Gasteiger partial charge in [-0.25, -0.2) is 0 Å². The Hall–Kier alpha value is -1.39. The SMILES string of the molecule is CC1CC(NC(=O)C2Cc3ccccc3CN2)CCN1C. The quantitative estimate of drug-likeness (QED) is 0.862. The highest BCUT2D eigenvalue weighted by molar-refractivity contribution is 5.82. The molecule has 2 aliphatic rings. The van der Waals surface area contributed by atoms with Crippen molar-refractivity contribution in [2.75, 3.05) is 13.6 Å². The summed E-state index contributed by atoms with van der Waals surface area (Å²) in [5, 5.41) is 6.60. The Morgan fingerprint density at radius 2 is 2.10 bits per heavy atom. The standard InChI is InChI=1S/C17H25N3O/c1-12-9-15(7-8-20(12)2)19-17(21)16-10-13-5-3-4-6-14(13)11-18-16/h3-6,12,15-16,18H,7-11H2,1-2H3,(H,19,21). The maximum absolute atomic E-state index is 12.5. The van der Waals surface area contributed by atoms with E-state index in [1.807, 2.05) is 0 Å². The molecule has 114 valence electrons. The number of carbonyl (C=O) groups is 1. The fourth-order valence-electron chi connectivity index (χ4n) is 3.36. The summed E-state index contributed by atoms with van der Waals surface area (Å²) in [5.74, 6) is 0.159. The average Bonchev–Trinajstić information content (AvgIpc) is 2.50. The van der Waals surface area contributed by atoms with Crippen LogP contribution < -0.4 is 10.6 Å². The average molecular weight is 287 g/mol. The molecule has 1 aromatic rings. The highest BCUT2D eigenvalue weighted by Gasteiger charge is 2.28. The number of nitrogens with one attached hydrogen (secondary N) is 2. The second-order valence-corrected chi connectivity index (χ2v) is 6.47. The fraction of sp³-hybridized carbons (Fsp3) is 0.588. The van der Waals surface area contributed by atoms with Gasteiger partial charge in [-0.3, -0.25) is 4.79 Å². The summed E-state index contributed by atoms with van der Waals surface area (Å²) >= 11 is 0. The lowest BCUT2D eigenvalue weighted by molar-refractivity contribution is -0.124. The van der Waals surface area contributed by atoms with E-state index in [1.54, 1.807) is 0 Å². The third-order valence-corrected chi connectivity index (χ3v) is 4.95. The van der Waals surface area contributed by atoms with Gasteiger partial charge in [-0.2, -0.15) is 0 Å². The Bertz CT molecular complexity index is 517. The number of hydrogen-bond acceptors (Lipinski definition) is 3. The number of likely N-dealkylation sites (tertiary alicyclic amines) is 1. The zero-order valence-corrected chi connectivity index (χ0v) is 12.9. The van der Waals surface area contributed by atoms with Crippen molar-refractivity contribution in [3.05, 3.63) is 35.4 Å². The van der Waals surface area contributed by atoms with Crippen LogP contribution in [0.3, 0.4) is 0 Å². The van der Waals surface area contributed by atoms with Crippen LogP contribution >= 0.6 is 0 Å². The molecule has 0 aliphatic carbocycles. The van der Waals surface area contributed by atoms with Gasteiger partial charge in [-0.1, -0.05) is 24.3 Å². The van der Waals surface area contributed by atoms with E-state index in [9.17, 15) is 4.79 Å². The van der Waals surface area contributed by atoms with E-state index >= 15 is 0 Å². The molecule has 1 amide bonds. The minimum absolute atomic E-state index is 0.0881. The number of piperidine rings is 1. The van der Waals surface area contributed by atoms with Gasteiger partial charge in [0, 0.05) is 25.2 Å². The van der Waals surface area contributed by atoms with E-state index in [0.717, 1.165) is 32.4 Å². The summed E-state index contributed by atoms with van der Waals surface area (Å²) in [6.45, 7) is 4.08. The van der Waals surface area contributed by atoms with E-state index in [1.165, 1.54) is 11.1 Å². The molecule has 0 saturated carbocycles. The number of hydrogen-bond donors (Lipinski definition) is 2. The van der Waals surface area contributed by atoms with Gasteiger partial charge in [0.05, 0.1) is 6.04 Å². The molecule has 2 aliphatic heterocycles. The molecule has 3 rings (SSSR count). The van der Waals surface area contributed by atoms with Gasteiger partial charge in [0.25, 0.3) is 0 Å². The van der Waals surface area contributed by atoms with Crippen LogP contribution in [0.15, 0.2) is 24.3 Å². The number of amides is 1. The van der Waals surface area contributed by atoms with Crippen LogP contribution in [0.1, 0.15) is 30.9 Å². The van der Waals surface area contributed by atoms with Crippen molar-refractivity contribution >= 4 is 5.91 Å². The largest absolute Gasteiger partial charge is 0.352 e. The molecule has 21 heavy (non-hydrogen) atoms. The first kappa shape index (κ1) is 14.5. The second-order valence-electron chi connectivity index (χ2n) is 6.47. The highest BCUT2D eigenvalue weighted by Crippen LogP contribution is 2.18. The third kappa shape index (κ3) is 3.27. The fourth-order valence-corrected chi connectivity index (χ4v) is 3.36. The maximum atomic E-state index is 12.5. The van der Waals surface area contributed by atoms with Gasteiger partial charge in [-0.15, -0.1) is 0 Å². The third-order valence-electron chi connectivity index (χ3n) is 4.95. The Kier molecular flexibility index (Phi) is 4.27. The van der Waals surface area contributed by atoms with Crippen LogP contribution in [0, 0.1) is 0 Å². The van der Waals surface area contributed by atoms with Crippen molar-refractivity contribution < 1.29 is 4.79 Å². The van der Waals surface area contributed by atoms with Gasteiger partial charge < -0.3 is 15.5 Å². The molecule has 1 aromatic carbocycles. The Morgan fingerprint density at radius 1 is 1.33 bits per heavy atom. The van der Waals surface area contributed by atoms with Gasteiger partial charge in [0.2, 0.25) is 5.91 Å². The molecule has 3 atom stereocenters. The molecule has 4 heteroatoms. The van der Waals surface area contributed by atoms with E-state index in [2.05, 4.69) is 53.8 Å². The minimum Gasteiger partial charge on any atom is -0.352 e. The van der Waals surface area contributed by atoms with E-state index in [-0.39, 0.29) is 11.9 Å². The predicted octanol–water partition coefficient (Wildman–Crippen LogP) is 1.30. The number of carbonyl (C=O) groups excluding carboxylic acids is 1. The summed E-state index contributed by atoms with van der Waals surface area (Å²) < 4.78 is 0. The summed E-state index contributed by atoms with van der Waals surface area (Å²) in [4.78, 5) is 14.8. The van der Waals surface area contributed by atoms with Crippen molar-refractivity contribution in [3.63, 3.8) is 0 Å². The molecule has 0 spiro atoms. The molecule has 4 nitrogen and oxygen atoms in total. The summed E-state index contributed by atoms with van der Waals surface area (Å²) in [5.41, 5.74) is 2.61. The minimum atomic E-state index is -0.0881. The first-order valence-electron chi connectivity index (χ1n) is 7.94. The summed E-state index contributed by atoms with van der Waals surface area (Å²) in [6.07, 6.45) is 2.89. The molecule has 0 bridgehead atoms. The molecule has 2 N–H and O–H groups in total. The lowest BCUT2D eigenvalue weighted by Crippen LogP contribution is -2.53. The van der Waals surface area contributed by atoms with Gasteiger partial charge in [0.1, 0.15) is 0 Å². The number of nitrogens with zero attached hydrogens (tertiary/aromatic N) is 1. The van der Waals surface area contributed by atoms with Crippen LogP contribution in [0.2, 0.25) is 0 Å². The molecule has 0 aromatic heterocycles. The van der Waals surface area contributed by atoms with Crippen LogP contribution in [0.4, 0.5) is 0 Å². The number of rotatable bonds is 2. The van der Waals surface area contributed by atoms with Crippen molar-refractivity contribution in [2.24, 2.45) is 0 Å². The van der Waals surface area contributed by atoms with Crippen molar-refractivity contribution in [3.8, 4) is 0 Å². The van der Waals surface area contributed by atoms with Crippen LogP contribution in [-0.2, 0) is 17.8 Å². The van der Waals surface area contributed by atoms with E-state index < -0.39 is 0 Å². The van der Waals surface area contributed by atoms with Crippen LogP contribution in [0.25, 0.3) is 0 Å². The Balaban J connectivity index is 1.57. The molecular formula is C17H25N3O. The van der Waals surface area contributed by atoms with Crippen molar-refractivity contribution in [2.45, 2.75) is 50.9 Å². The summed E-state index contributed by atoms with van der Waals surface area (Å²) in [6, 6.07) is 9.16. The zero-order valence-electron chi connectivity index (χ0n) is 12.9. The number of benzene rings is 1. The predicted molar refractivity (Wildman–Crippen MR) is 84.0 cm³/mol. The van der Waals surface area contributed by atoms with Crippen molar-refractivity contribution in [1.29, 1.82) is 0 Å². The lowest BCUT2D eigenvalue weighted by atomic mass is 9.94. The zero-order chi connectivity index (χ0) is 14.8. The van der Waals surface area contributed by atoms with E-state index in [0.29, 0.717) is 12.1 Å². The van der Waals surface area contributed by atoms with Crippen molar-refractivity contribution in [1.82, 2.24) is 15.5 Å². The van der Waals surface area contributed by atoms with Gasteiger partial charge >= 0.3 is 0 Å². The molecule has 3 unspecified atom stereocenters. The molecule has 2 heterocycles. The van der Waals surface area contributed by atoms with Crippen LogP contribution in [-0.4, -0.2) is 42.5 Å². The Labute approximate surface area is 126 Å². The monoisotopic (exact) mass is 287 g/mol. The normalized spacial score (nSPS) is 29.7. The highest BCUT2D eigenvalue weighted by atomic mass is 16.2. The molecular weight excluding hydrogens is 262 g/mol. The molecule has 0 radical (unpaired) electrons.